The van der Waals surface area contributed by atoms with Crippen LogP contribution < -0.4 is 5.56 Å². The highest BCUT2D eigenvalue weighted by Gasteiger charge is 2.20. The molecule has 0 spiro atoms. The maximum absolute atomic E-state index is 13.7. The molecule has 164 valence electrons. The summed E-state index contributed by atoms with van der Waals surface area (Å²) in [5, 5.41) is 1.10. The fourth-order valence-corrected chi connectivity index (χ4v) is 5.46. The lowest BCUT2D eigenvalue weighted by molar-refractivity contribution is 0.0601. The first-order valence-corrected chi connectivity index (χ1v) is 11.7. The number of hydrogen-bond acceptors (Lipinski definition) is 5. The van der Waals surface area contributed by atoms with Crippen LogP contribution in [0.2, 0.25) is 5.02 Å². The van der Waals surface area contributed by atoms with Crippen LogP contribution in [-0.2, 0) is 11.3 Å². The maximum Gasteiger partial charge on any atom is 0.337 e. The number of rotatable bonds is 4. The number of ether oxygens (including phenoxy) is 1. The molecule has 8 heteroatoms. The monoisotopic (exact) mass is 492 g/mol. The van der Waals surface area contributed by atoms with Crippen molar-refractivity contribution in [2.75, 3.05) is 7.11 Å². The maximum atomic E-state index is 13.7. The van der Waals surface area contributed by atoms with Gasteiger partial charge in [0.15, 0.2) is 3.95 Å². The molecule has 33 heavy (non-hydrogen) atoms. The quantitative estimate of drug-likeness (QED) is 0.221. The Hall–Kier alpha value is -3.26. The zero-order chi connectivity index (χ0) is 23.1. The van der Waals surface area contributed by atoms with Crippen molar-refractivity contribution in [3.05, 3.63) is 103 Å². The van der Waals surface area contributed by atoms with Crippen LogP contribution in [0.15, 0.2) is 77.6 Å². The van der Waals surface area contributed by atoms with Crippen LogP contribution in [-0.4, -0.2) is 22.0 Å². The van der Waals surface area contributed by atoms with Gasteiger partial charge in [-0.05, 0) is 53.7 Å². The second-order valence-corrected chi connectivity index (χ2v) is 9.54. The Morgan fingerprint density at radius 1 is 1.06 bits per heavy atom. The van der Waals surface area contributed by atoms with Gasteiger partial charge in [0.05, 0.1) is 35.0 Å². The van der Waals surface area contributed by atoms with Crippen LogP contribution in [0.5, 0.6) is 0 Å². The molecule has 0 bridgehead atoms. The third-order valence-electron chi connectivity index (χ3n) is 5.47. The number of fused-ring (bicyclic) bond motifs is 3. The number of benzene rings is 3. The van der Waals surface area contributed by atoms with Gasteiger partial charge in [-0.2, -0.15) is 0 Å². The second-order valence-electron chi connectivity index (χ2n) is 7.46. The fourth-order valence-electron chi connectivity index (χ4n) is 3.90. The average molecular weight is 493 g/mol. The van der Waals surface area contributed by atoms with Crippen molar-refractivity contribution in [1.82, 2.24) is 8.97 Å². The Bertz CT molecular complexity index is 1630. The van der Waals surface area contributed by atoms with Crippen molar-refractivity contribution >= 4 is 57.7 Å². The van der Waals surface area contributed by atoms with E-state index >= 15 is 0 Å². The number of esters is 1. The number of halogens is 1. The third kappa shape index (κ3) is 3.78. The topological polar surface area (TPSA) is 52.7 Å². The number of nitrogens with zero attached hydrogens (tertiary/aromatic N) is 2. The Balaban J connectivity index is 1.90. The molecular weight excluding hydrogens is 476 g/mol. The van der Waals surface area contributed by atoms with Crippen LogP contribution in [0.25, 0.3) is 27.0 Å². The van der Waals surface area contributed by atoms with E-state index < -0.39 is 5.97 Å². The third-order valence-corrected chi connectivity index (χ3v) is 7.13. The molecule has 5 nitrogen and oxygen atoms in total. The Kier molecular flexibility index (Phi) is 5.62. The molecule has 0 aliphatic carbocycles. The van der Waals surface area contributed by atoms with Crippen LogP contribution in [0.3, 0.4) is 0 Å². The lowest BCUT2D eigenvalue weighted by atomic mass is 10.1. The molecule has 0 aliphatic rings. The van der Waals surface area contributed by atoms with E-state index in [9.17, 15) is 9.59 Å². The zero-order valence-electron chi connectivity index (χ0n) is 17.4. The van der Waals surface area contributed by atoms with Crippen LogP contribution in [0.4, 0.5) is 0 Å². The summed E-state index contributed by atoms with van der Waals surface area (Å²) in [6, 6.07) is 22.2. The van der Waals surface area contributed by atoms with E-state index in [4.69, 9.17) is 28.6 Å². The molecule has 0 N–H and O–H groups in total. The van der Waals surface area contributed by atoms with Crippen molar-refractivity contribution in [3.63, 3.8) is 0 Å². The zero-order valence-corrected chi connectivity index (χ0v) is 19.8. The predicted molar refractivity (Wildman–Crippen MR) is 135 cm³/mol. The smallest absolute Gasteiger partial charge is 0.337 e. The molecule has 2 heterocycles. The summed E-state index contributed by atoms with van der Waals surface area (Å²) >= 11 is 13.2. The number of carbonyl (C=O) groups is 1. The molecule has 0 atom stereocenters. The molecule has 0 saturated carbocycles. The molecule has 0 amide bonds. The normalized spacial score (nSPS) is 11.2. The summed E-state index contributed by atoms with van der Waals surface area (Å²) in [6.45, 7) is 0.347. The number of aromatic nitrogens is 2. The summed E-state index contributed by atoms with van der Waals surface area (Å²) in [4.78, 5) is 26.8. The molecule has 0 saturated heterocycles. The van der Waals surface area contributed by atoms with E-state index in [2.05, 4.69) is 0 Å². The summed E-state index contributed by atoms with van der Waals surface area (Å²) in [6.07, 6.45) is 0. The van der Waals surface area contributed by atoms with E-state index in [1.807, 2.05) is 46.9 Å². The highest BCUT2D eigenvalue weighted by Crippen LogP contribution is 2.33. The number of hydrogen-bond donors (Lipinski definition) is 0. The molecule has 0 fully saturated rings. The van der Waals surface area contributed by atoms with Crippen LogP contribution in [0.1, 0.15) is 15.9 Å². The minimum Gasteiger partial charge on any atom is -0.465 e. The first kappa shape index (κ1) is 21.6. The highest BCUT2D eigenvalue weighted by molar-refractivity contribution is 7.73. The van der Waals surface area contributed by atoms with E-state index in [1.165, 1.54) is 18.4 Å². The predicted octanol–water partition coefficient (Wildman–Crippen LogP) is 6.20. The first-order valence-electron chi connectivity index (χ1n) is 10.1. The van der Waals surface area contributed by atoms with E-state index in [0.29, 0.717) is 37.6 Å². The second kappa shape index (κ2) is 8.59. The van der Waals surface area contributed by atoms with Crippen molar-refractivity contribution in [2.24, 2.45) is 0 Å². The largest absolute Gasteiger partial charge is 0.465 e. The Morgan fingerprint density at radius 2 is 1.79 bits per heavy atom. The van der Waals surface area contributed by atoms with Crippen LogP contribution in [0, 0.1) is 3.95 Å². The standard InChI is InChI=1S/C25H17ClN2O3S2/c1-31-24(30)17-9-12-19-20(13-17)28-22(21(33-25(28)32)16-5-3-2-4-6-16)27(23(19)29)14-15-7-10-18(26)11-8-15/h2-13H,14H2,1H3. The molecule has 0 unspecified atom stereocenters. The van der Waals surface area contributed by atoms with Gasteiger partial charge in [0.2, 0.25) is 0 Å². The van der Waals surface area contributed by atoms with Gasteiger partial charge in [0.25, 0.3) is 5.56 Å². The molecule has 5 aromatic rings. The summed E-state index contributed by atoms with van der Waals surface area (Å²) in [5.74, 6) is -0.472. The van der Waals surface area contributed by atoms with E-state index in [1.54, 1.807) is 34.9 Å². The highest BCUT2D eigenvalue weighted by atomic mass is 35.5. The first-order chi connectivity index (χ1) is 16.0. The van der Waals surface area contributed by atoms with Gasteiger partial charge in [0.1, 0.15) is 5.65 Å². The Labute approximate surface area is 203 Å². The lowest BCUT2D eigenvalue weighted by Crippen LogP contribution is -2.24. The average Bonchev–Trinajstić information content (AvgIpc) is 3.19. The molecule has 3 aromatic carbocycles. The molecular formula is C25H17ClN2O3S2. The molecule has 0 radical (unpaired) electrons. The fraction of sp³-hybridized carbons (Fsp3) is 0.0800. The van der Waals surface area contributed by atoms with Gasteiger partial charge >= 0.3 is 5.97 Å². The van der Waals surface area contributed by atoms with Gasteiger partial charge in [0, 0.05) is 5.02 Å². The summed E-state index contributed by atoms with van der Waals surface area (Å²) in [7, 11) is 1.33. The molecule has 2 aromatic heterocycles. The van der Waals surface area contributed by atoms with Crippen molar-refractivity contribution in [1.29, 1.82) is 0 Å². The van der Waals surface area contributed by atoms with Gasteiger partial charge in [-0.25, -0.2) is 4.79 Å². The van der Waals surface area contributed by atoms with Crippen molar-refractivity contribution in [3.8, 4) is 10.4 Å². The summed E-state index contributed by atoms with van der Waals surface area (Å²) in [5.41, 5.74) is 3.35. The van der Waals surface area contributed by atoms with Crippen molar-refractivity contribution < 1.29 is 9.53 Å². The number of carbonyl (C=O) groups excluding carboxylic acids is 1. The van der Waals surface area contributed by atoms with E-state index in [0.717, 1.165) is 16.0 Å². The number of methoxy groups -OCH3 is 1. The lowest BCUT2D eigenvalue weighted by Gasteiger charge is -2.14. The van der Waals surface area contributed by atoms with Gasteiger partial charge in [-0.3, -0.25) is 13.8 Å². The summed E-state index contributed by atoms with van der Waals surface area (Å²) < 4.78 is 9.07. The SMILES string of the molecule is COC(=O)c1ccc2c(=O)n(Cc3ccc(Cl)cc3)c3c(-c4ccccc4)sc(=S)n3c2c1. The van der Waals surface area contributed by atoms with Crippen molar-refractivity contribution in [2.45, 2.75) is 6.54 Å². The minimum atomic E-state index is -0.472. The van der Waals surface area contributed by atoms with Crippen LogP contribution >= 0.6 is 35.2 Å². The minimum absolute atomic E-state index is 0.165. The van der Waals surface area contributed by atoms with Gasteiger partial charge in [-0.1, -0.05) is 54.1 Å². The van der Waals surface area contributed by atoms with Gasteiger partial charge < -0.3 is 4.74 Å². The number of thiazole rings is 1. The molecule has 5 rings (SSSR count). The van der Waals surface area contributed by atoms with E-state index in [-0.39, 0.29) is 5.56 Å². The molecule has 0 aliphatic heterocycles. The van der Waals surface area contributed by atoms with Gasteiger partial charge in [-0.15, -0.1) is 11.3 Å². The Morgan fingerprint density at radius 3 is 2.48 bits per heavy atom.